The van der Waals surface area contributed by atoms with Gasteiger partial charge < -0.3 is 0 Å². The van der Waals surface area contributed by atoms with Crippen LogP contribution in [0.5, 0.6) is 0 Å². The molecule has 0 atom stereocenters. The Bertz CT molecular complexity index is 381. The van der Waals surface area contributed by atoms with Gasteiger partial charge in [-0.2, -0.15) is 0 Å². The van der Waals surface area contributed by atoms with Gasteiger partial charge in [-0.15, -0.1) is 0 Å². The quantitative estimate of drug-likeness (QED) is 0.525. The zero-order chi connectivity index (χ0) is 10.7. The van der Waals surface area contributed by atoms with Crippen molar-refractivity contribution < 1.29 is 0 Å². The van der Waals surface area contributed by atoms with Gasteiger partial charge in [0.25, 0.3) is 0 Å². The summed E-state index contributed by atoms with van der Waals surface area (Å²) in [7, 11) is 0.945. The first-order valence-electron chi connectivity index (χ1n) is 5.32. The van der Waals surface area contributed by atoms with E-state index in [4.69, 9.17) is 0 Å². The Labute approximate surface area is 93.0 Å². The van der Waals surface area contributed by atoms with Gasteiger partial charge in [-0.1, -0.05) is 0 Å². The van der Waals surface area contributed by atoms with Crippen molar-refractivity contribution in [1.82, 2.24) is 0 Å². The van der Waals surface area contributed by atoms with Crippen molar-refractivity contribution in [2.75, 3.05) is 6.66 Å². The van der Waals surface area contributed by atoms with Crippen molar-refractivity contribution in [3.63, 3.8) is 0 Å². The normalized spacial score (nSPS) is 12.3. The molecule has 0 saturated heterocycles. The molecular weight excluding hydrogens is 198 g/mol. The van der Waals surface area contributed by atoms with Gasteiger partial charge >= 0.3 is 92.6 Å². The second kappa shape index (κ2) is 4.20. The summed E-state index contributed by atoms with van der Waals surface area (Å²) in [6.07, 6.45) is 0. The van der Waals surface area contributed by atoms with Crippen LogP contribution in [0.25, 0.3) is 0 Å². The topological polar surface area (TPSA) is 0 Å². The summed E-state index contributed by atoms with van der Waals surface area (Å²) >= 11 is 0. The van der Waals surface area contributed by atoms with Gasteiger partial charge in [-0.3, -0.25) is 0 Å². The maximum absolute atomic E-state index is 2.40. The molecule has 0 radical (unpaired) electrons. The van der Waals surface area contributed by atoms with Crippen molar-refractivity contribution in [2.45, 2.75) is 0 Å². The molecule has 2 rings (SSSR count). The number of hydrogen-bond acceptors (Lipinski definition) is 0. The van der Waals surface area contributed by atoms with E-state index in [1.54, 1.807) is 0 Å². The molecular formula is C13H16BP. The van der Waals surface area contributed by atoms with E-state index in [0.29, 0.717) is 0 Å². The van der Waals surface area contributed by atoms with E-state index < -0.39 is 7.14 Å². The van der Waals surface area contributed by atoms with Gasteiger partial charge in [0.2, 0.25) is 0 Å². The zero-order valence-electron chi connectivity index (χ0n) is 9.27. The molecule has 0 spiro atoms. The first kappa shape index (κ1) is 10.5. The van der Waals surface area contributed by atoms with E-state index in [9.17, 15) is 0 Å². The summed E-state index contributed by atoms with van der Waals surface area (Å²) in [5.74, 6) is 0. The first-order chi connectivity index (χ1) is 7.21. The van der Waals surface area contributed by atoms with Crippen LogP contribution in [-0.4, -0.2) is 14.2 Å². The molecule has 0 fully saturated rings. The van der Waals surface area contributed by atoms with Crippen LogP contribution in [0, 0.1) is 0 Å². The van der Waals surface area contributed by atoms with Crippen LogP contribution in [-0.2, 0) is 0 Å². The van der Waals surface area contributed by atoms with Crippen LogP contribution in [0.4, 0.5) is 0 Å². The third kappa shape index (κ3) is 2.13. The fraction of sp³-hybridized carbons (Fsp3) is 0.0769. The van der Waals surface area contributed by atoms with Crippen LogP contribution < -0.4 is 10.6 Å². The number of benzene rings is 2. The van der Waals surface area contributed by atoms with E-state index in [1.807, 2.05) is 0 Å². The molecule has 0 aromatic heterocycles. The predicted molar refractivity (Wildman–Crippen MR) is 74.9 cm³/mol. The minimum absolute atomic E-state index is 1.46. The van der Waals surface area contributed by atoms with Crippen LogP contribution in [0.15, 0.2) is 60.7 Å². The molecule has 0 saturated carbocycles. The van der Waals surface area contributed by atoms with Crippen molar-refractivity contribution in [1.29, 1.82) is 0 Å². The Morgan fingerprint density at radius 2 is 1.07 bits per heavy atom. The fourth-order valence-corrected chi connectivity index (χ4v) is 4.26. The van der Waals surface area contributed by atoms with E-state index in [0.717, 1.165) is 0 Å². The molecule has 0 heterocycles. The molecule has 0 nitrogen and oxygen atoms in total. The summed E-state index contributed by atoms with van der Waals surface area (Å²) < 4.78 is 0. The standard InChI is InChI=1S/C13H16BP/c1-15(14,12-8-4-2-5-9-12)13-10-6-3-7-11-13/h2-11,15H,14H2,1H3. The molecule has 2 aromatic carbocycles. The minimum atomic E-state index is -1.46. The summed E-state index contributed by atoms with van der Waals surface area (Å²) in [6.45, 7) is 2.40. The monoisotopic (exact) mass is 214 g/mol. The predicted octanol–water partition coefficient (Wildman–Crippen LogP) is 1.57. The molecule has 0 N–H and O–H groups in total. The van der Waals surface area contributed by atoms with Crippen molar-refractivity contribution in [2.24, 2.45) is 0 Å². The molecule has 2 aromatic rings. The van der Waals surface area contributed by atoms with Gasteiger partial charge in [-0.25, -0.2) is 0 Å². The first-order valence-corrected chi connectivity index (χ1v) is 8.32. The van der Waals surface area contributed by atoms with Crippen molar-refractivity contribution >= 4 is 25.3 Å². The number of hydrogen-bond donors (Lipinski definition) is 0. The SMILES string of the molecule is B[PH](C)(c1ccccc1)c1ccccc1. The van der Waals surface area contributed by atoms with Crippen LogP contribution >= 0.6 is 7.14 Å². The van der Waals surface area contributed by atoms with Gasteiger partial charge in [0.15, 0.2) is 0 Å². The third-order valence-electron chi connectivity index (χ3n) is 2.99. The third-order valence-corrected chi connectivity index (χ3v) is 6.54. The molecule has 15 heavy (non-hydrogen) atoms. The molecule has 0 unspecified atom stereocenters. The van der Waals surface area contributed by atoms with E-state index in [1.165, 1.54) is 10.6 Å². The van der Waals surface area contributed by atoms with Crippen LogP contribution in [0.2, 0.25) is 0 Å². The van der Waals surface area contributed by atoms with Gasteiger partial charge in [0.1, 0.15) is 0 Å². The molecule has 0 aliphatic rings. The fourth-order valence-electron chi connectivity index (χ4n) is 1.88. The average molecular weight is 214 g/mol. The van der Waals surface area contributed by atoms with E-state index in [-0.39, 0.29) is 0 Å². The molecule has 0 amide bonds. The Balaban J connectivity index is 2.44. The Morgan fingerprint density at radius 3 is 1.40 bits per heavy atom. The molecule has 76 valence electrons. The Kier molecular flexibility index (Phi) is 2.93. The summed E-state index contributed by atoms with van der Waals surface area (Å²) in [5, 5.41) is 2.99. The zero-order valence-corrected chi connectivity index (χ0v) is 10.3. The molecule has 0 bridgehead atoms. The summed E-state index contributed by atoms with van der Waals surface area (Å²) in [5.41, 5.74) is 0. The van der Waals surface area contributed by atoms with Gasteiger partial charge in [0, 0.05) is 0 Å². The maximum atomic E-state index is 2.40. The van der Waals surface area contributed by atoms with E-state index in [2.05, 4.69) is 74.9 Å². The van der Waals surface area contributed by atoms with Gasteiger partial charge in [-0.05, 0) is 0 Å². The molecule has 0 aliphatic heterocycles. The van der Waals surface area contributed by atoms with Crippen LogP contribution in [0.1, 0.15) is 0 Å². The van der Waals surface area contributed by atoms with E-state index >= 15 is 0 Å². The van der Waals surface area contributed by atoms with Gasteiger partial charge in [0.05, 0.1) is 0 Å². The molecule has 2 heteroatoms. The van der Waals surface area contributed by atoms with Crippen molar-refractivity contribution in [3.05, 3.63) is 60.7 Å². The Hall–Kier alpha value is -1.07. The molecule has 0 aliphatic carbocycles. The summed E-state index contributed by atoms with van der Waals surface area (Å²) in [4.78, 5) is 0. The second-order valence-electron chi connectivity index (χ2n) is 4.36. The number of rotatable bonds is 2. The van der Waals surface area contributed by atoms with Crippen LogP contribution in [0.3, 0.4) is 0 Å². The average Bonchev–Trinajstić information content (AvgIpc) is 2.31. The Morgan fingerprint density at radius 1 is 0.733 bits per heavy atom. The second-order valence-corrected chi connectivity index (χ2v) is 8.76. The van der Waals surface area contributed by atoms with Crippen molar-refractivity contribution in [3.8, 4) is 0 Å². The summed E-state index contributed by atoms with van der Waals surface area (Å²) in [6, 6.07) is 21.7.